The molecule has 0 radical (unpaired) electrons. The van der Waals surface area contributed by atoms with E-state index in [1.807, 2.05) is 0 Å². The number of hydrogen-bond acceptors (Lipinski definition) is 3. The van der Waals surface area contributed by atoms with Crippen molar-refractivity contribution in [3.8, 4) is 0 Å². The Morgan fingerprint density at radius 1 is 1.50 bits per heavy atom. The minimum Gasteiger partial charge on any atom is -0.376 e. The van der Waals surface area contributed by atoms with Gasteiger partial charge < -0.3 is 5.32 Å². The molecule has 0 saturated heterocycles. The smallest absolute Gasteiger partial charge is 0.293 e. The first-order valence-electron chi connectivity index (χ1n) is 6.32. The van der Waals surface area contributed by atoms with Crippen LogP contribution in [0.1, 0.15) is 32.6 Å². The van der Waals surface area contributed by atoms with Crippen LogP contribution >= 0.6 is 11.6 Å². The van der Waals surface area contributed by atoms with Crippen LogP contribution in [0.4, 0.5) is 11.4 Å². The second kappa shape index (κ2) is 5.57. The fourth-order valence-corrected chi connectivity index (χ4v) is 2.86. The number of rotatable bonds is 4. The van der Waals surface area contributed by atoms with E-state index in [9.17, 15) is 10.1 Å². The Labute approximate surface area is 111 Å². The molecule has 1 N–H and O–H groups in total. The van der Waals surface area contributed by atoms with Gasteiger partial charge in [0, 0.05) is 17.1 Å². The largest absolute Gasteiger partial charge is 0.376 e. The van der Waals surface area contributed by atoms with Crippen molar-refractivity contribution >= 4 is 23.0 Å². The van der Waals surface area contributed by atoms with Crippen molar-refractivity contribution in [2.24, 2.45) is 5.92 Å². The zero-order valence-electron chi connectivity index (χ0n) is 10.4. The lowest BCUT2D eigenvalue weighted by molar-refractivity contribution is -0.384. The van der Waals surface area contributed by atoms with Crippen LogP contribution in [0.15, 0.2) is 18.2 Å². The average Bonchev–Trinajstić information content (AvgIpc) is 2.78. The van der Waals surface area contributed by atoms with Crippen molar-refractivity contribution in [1.29, 1.82) is 0 Å². The molecule has 0 heterocycles. The maximum Gasteiger partial charge on any atom is 0.293 e. The standard InChI is InChI=1S/C13H17ClN2O2/c1-2-9-4-3-5-11(9)15-12-7-6-10(14)8-13(12)16(17)18/h6-9,11,15H,2-5H2,1H3. The molecular formula is C13H17ClN2O2. The second-order valence-corrected chi connectivity index (χ2v) is 5.21. The van der Waals surface area contributed by atoms with Gasteiger partial charge in [0.25, 0.3) is 5.69 Å². The predicted molar refractivity (Wildman–Crippen MR) is 73.1 cm³/mol. The molecule has 1 saturated carbocycles. The van der Waals surface area contributed by atoms with Gasteiger partial charge in [-0.05, 0) is 30.9 Å². The van der Waals surface area contributed by atoms with Gasteiger partial charge in [-0.1, -0.05) is 31.4 Å². The molecule has 4 nitrogen and oxygen atoms in total. The first-order valence-corrected chi connectivity index (χ1v) is 6.70. The summed E-state index contributed by atoms with van der Waals surface area (Å²) in [5, 5.41) is 14.7. The zero-order valence-corrected chi connectivity index (χ0v) is 11.1. The SMILES string of the molecule is CCC1CCCC1Nc1ccc(Cl)cc1[N+](=O)[O-]. The van der Waals surface area contributed by atoms with Crippen LogP contribution in [0.3, 0.4) is 0 Å². The average molecular weight is 269 g/mol. The molecule has 2 atom stereocenters. The van der Waals surface area contributed by atoms with E-state index in [0.717, 1.165) is 12.8 Å². The van der Waals surface area contributed by atoms with E-state index in [4.69, 9.17) is 11.6 Å². The molecule has 0 amide bonds. The lowest BCUT2D eigenvalue weighted by atomic mass is 10.0. The van der Waals surface area contributed by atoms with Crippen LogP contribution in [-0.2, 0) is 0 Å². The van der Waals surface area contributed by atoms with Gasteiger partial charge in [-0.15, -0.1) is 0 Å². The molecule has 18 heavy (non-hydrogen) atoms. The normalized spacial score (nSPS) is 23.0. The summed E-state index contributed by atoms with van der Waals surface area (Å²) in [5.74, 6) is 0.611. The molecule has 0 spiro atoms. The van der Waals surface area contributed by atoms with E-state index in [2.05, 4.69) is 12.2 Å². The Morgan fingerprint density at radius 3 is 2.94 bits per heavy atom. The van der Waals surface area contributed by atoms with Gasteiger partial charge in [0.05, 0.1) is 4.92 Å². The van der Waals surface area contributed by atoms with Gasteiger partial charge in [0.2, 0.25) is 0 Å². The third-order valence-corrected chi connectivity index (χ3v) is 3.92. The first kappa shape index (κ1) is 13.1. The fraction of sp³-hybridized carbons (Fsp3) is 0.538. The van der Waals surface area contributed by atoms with Gasteiger partial charge in [-0.2, -0.15) is 0 Å². The molecule has 2 rings (SSSR count). The van der Waals surface area contributed by atoms with E-state index in [0.29, 0.717) is 22.7 Å². The van der Waals surface area contributed by atoms with Crippen molar-refractivity contribution < 1.29 is 4.92 Å². The number of benzene rings is 1. The number of hydrogen-bond donors (Lipinski definition) is 1. The minimum atomic E-state index is -0.385. The predicted octanol–water partition coefficient (Wildman–Crippen LogP) is 4.24. The third kappa shape index (κ3) is 2.75. The van der Waals surface area contributed by atoms with Crippen molar-refractivity contribution in [2.75, 3.05) is 5.32 Å². The monoisotopic (exact) mass is 268 g/mol. The molecule has 1 fully saturated rings. The van der Waals surface area contributed by atoms with Crippen molar-refractivity contribution in [3.05, 3.63) is 33.3 Å². The van der Waals surface area contributed by atoms with E-state index in [1.54, 1.807) is 12.1 Å². The highest BCUT2D eigenvalue weighted by atomic mass is 35.5. The molecular weight excluding hydrogens is 252 g/mol. The molecule has 2 unspecified atom stereocenters. The Hall–Kier alpha value is -1.29. The molecule has 1 aromatic carbocycles. The summed E-state index contributed by atoms with van der Waals surface area (Å²) in [4.78, 5) is 10.6. The first-order chi connectivity index (χ1) is 8.61. The van der Waals surface area contributed by atoms with Gasteiger partial charge in [-0.3, -0.25) is 10.1 Å². The summed E-state index contributed by atoms with van der Waals surface area (Å²) in [6.07, 6.45) is 4.59. The molecule has 5 heteroatoms. The molecule has 0 aromatic heterocycles. The molecule has 98 valence electrons. The summed E-state index contributed by atoms with van der Waals surface area (Å²) in [5.41, 5.74) is 0.638. The zero-order chi connectivity index (χ0) is 13.1. The molecule has 1 aliphatic rings. The van der Waals surface area contributed by atoms with Gasteiger partial charge >= 0.3 is 0 Å². The van der Waals surface area contributed by atoms with Crippen LogP contribution in [0.2, 0.25) is 5.02 Å². The number of nitrogens with one attached hydrogen (secondary N) is 1. The number of nitro groups is 1. The summed E-state index contributed by atoms with van der Waals surface area (Å²) < 4.78 is 0. The Kier molecular flexibility index (Phi) is 4.07. The maximum atomic E-state index is 11.0. The number of anilines is 1. The van der Waals surface area contributed by atoms with Crippen LogP contribution in [0.5, 0.6) is 0 Å². The Bertz CT molecular complexity index is 451. The second-order valence-electron chi connectivity index (χ2n) is 4.77. The molecule has 1 aromatic rings. The molecule has 0 bridgehead atoms. The number of nitrogens with zero attached hydrogens (tertiary/aromatic N) is 1. The van der Waals surface area contributed by atoms with Gasteiger partial charge in [0.15, 0.2) is 0 Å². The summed E-state index contributed by atoms with van der Waals surface area (Å²) in [6.45, 7) is 2.17. The van der Waals surface area contributed by atoms with Crippen LogP contribution in [0, 0.1) is 16.0 Å². The van der Waals surface area contributed by atoms with Gasteiger partial charge in [-0.25, -0.2) is 0 Å². The Balaban J connectivity index is 2.20. The highest BCUT2D eigenvalue weighted by Crippen LogP contribution is 2.34. The van der Waals surface area contributed by atoms with E-state index in [1.165, 1.54) is 18.9 Å². The highest BCUT2D eigenvalue weighted by molar-refractivity contribution is 6.30. The minimum absolute atomic E-state index is 0.0595. The lowest BCUT2D eigenvalue weighted by Gasteiger charge is -2.20. The summed E-state index contributed by atoms with van der Waals surface area (Å²) in [6, 6.07) is 5.13. The quantitative estimate of drug-likeness (QED) is 0.656. The molecule has 0 aliphatic heterocycles. The van der Waals surface area contributed by atoms with Crippen molar-refractivity contribution in [2.45, 2.75) is 38.6 Å². The van der Waals surface area contributed by atoms with Crippen molar-refractivity contribution in [3.63, 3.8) is 0 Å². The summed E-state index contributed by atoms with van der Waals surface area (Å²) in [7, 11) is 0. The maximum absolute atomic E-state index is 11.0. The van der Waals surface area contributed by atoms with Crippen LogP contribution in [0.25, 0.3) is 0 Å². The van der Waals surface area contributed by atoms with Crippen LogP contribution < -0.4 is 5.32 Å². The lowest BCUT2D eigenvalue weighted by Crippen LogP contribution is -2.23. The number of nitro benzene ring substituents is 1. The van der Waals surface area contributed by atoms with Crippen molar-refractivity contribution in [1.82, 2.24) is 0 Å². The van der Waals surface area contributed by atoms with E-state index >= 15 is 0 Å². The third-order valence-electron chi connectivity index (χ3n) is 3.68. The number of halogens is 1. The van der Waals surface area contributed by atoms with E-state index in [-0.39, 0.29) is 10.6 Å². The Morgan fingerprint density at radius 2 is 2.28 bits per heavy atom. The fourth-order valence-electron chi connectivity index (χ4n) is 2.69. The summed E-state index contributed by atoms with van der Waals surface area (Å²) >= 11 is 5.80. The van der Waals surface area contributed by atoms with Crippen LogP contribution in [-0.4, -0.2) is 11.0 Å². The highest BCUT2D eigenvalue weighted by Gasteiger charge is 2.27. The molecule has 1 aliphatic carbocycles. The van der Waals surface area contributed by atoms with E-state index < -0.39 is 0 Å². The van der Waals surface area contributed by atoms with Gasteiger partial charge in [0.1, 0.15) is 5.69 Å². The topological polar surface area (TPSA) is 55.2 Å².